The van der Waals surface area contributed by atoms with E-state index in [-0.39, 0.29) is 16.7 Å². The first-order chi connectivity index (χ1) is 10.7. The highest BCUT2D eigenvalue weighted by atomic mass is 16.3. The van der Waals surface area contributed by atoms with E-state index in [0.717, 1.165) is 25.7 Å². The van der Waals surface area contributed by atoms with Crippen LogP contribution >= 0.6 is 0 Å². The molecular formula is C20H31NO2. The molecule has 1 N–H and O–H groups in total. The molecule has 128 valence electrons. The summed E-state index contributed by atoms with van der Waals surface area (Å²) < 4.78 is 0. The van der Waals surface area contributed by atoms with Crippen LogP contribution in [0.4, 0.5) is 0 Å². The van der Waals surface area contributed by atoms with Crippen LogP contribution in [0.15, 0.2) is 11.8 Å². The van der Waals surface area contributed by atoms with Crippen molar-refractivity contribution in [2.24, 2.45) is 28.6 Å². The van der Waals surface area contributed by atoms with Gasteiger partial charge in [-0.2, -0.15) is 0 Å². The van der Waals surface area contributed by atoms with Crippen LogP contribution in [0.5, 0.6) is 0 Å². The summed E-state index contributed by atoms with van der Waals surface area (Å²) in [5, 5.41) is 10.9. The molecule has 0 aromatic rings. The first-order valence-electron chi connectivity index (χ1n) is 9.40. The molecule has 0 bridgehead atoms. The largest absolute Gasteiger partial charge is 0.390 e. The van der Waals surface area contributed by atoms with Crippen LogP contribution in [0.2, 0.25) is 0 Å². The fraction of sp³-hybridized carbons (Fsp3) is 0.850. The van der Waals surface area contributed by atoms with Crippen LogP contribution < -0.4 is 0 Å². The number of piperidine rings is 1. The summed E-state index contributed by atoms with van der Waals surface area (Å²) in [5.74, 6) is 2.26. The summed E-state index contributed by atoms with van der Waals surface area (Å²) in [6.07, 6.45) is 9.58. The molecule has 23 heavy (non-hydrogen) atoms. The topological polar surface area (TPSA) is 40.5 Å². The van der Waals surface area contributed by atoms with Crippen molar-refractivity contribution in [2.45, 2.75) is 71.3 Å². The molecule has 3 heteroatoms. The molecular weight excluding hydrogens is 286 g/mol. The van der Waals surface area contributed by atoms with Crippen LogP contribution in [-0.4, -0.2) is 28.6 Å². The molecule has 4 aliphatic rings. The second-order valence-electron chi connectivity index (χ2n) is 9.34. The lowest BCUT2D eigenvalue weighted by molar-refractivity contribution is -0.139. The molecule has 0 unspecified atom stereocenters. The first-order valence-corrected chi connectivity index (χ1v) is 9.40. The van der Waals surface area contributed by atoms with Crippen molar-refractivity contribution in [3.63, 3.8) is 0 Å². The average Bonchev–Trinajstić information content (AvgIpc) is 2.74. The highest BCUT2D eigenvalue weighted by Crippen LogP contribution is 2.66. The molecule has 6 atom stereocenters. The smallest absolute Gasteiger partial charge is 0.226 e. The van der Waals surface area contributed by atoms with Gasteiger partial charge in [-0.1, -0.05) is 19.9 Å². The number of amides is 1. The Labute approximate surface area is 140 Å². The van der Waals surface area contributed by atoms with Gasteiger partial charge in [0.05, 0.1) is 5.60 Å². The van der Waals surface area contributed by atoms with E-state index in [4.69, 9.17) is 0 Å². The normalized spacial score (nSPS) is 52.6. The van der Waals surface area contributed by atoms with Gasteiger partial charge in [0.2, 0.25) is 5.91 Å². The quantitative estimate of drug-likeness (QED) is 0.739. The summed E-state index contributed by atoms with van der Waals surface area (Å²) in [5.41, 5.74) is 1.00. The number of rotatable bonds is 0. The summed E-state index contributed by atoms with van der Waals surface area (Å²) in [4.78, 5) is 14.1. The minimum Gasteiger partial charge on any atom is -0.390 e. The number of fused-ring (bicyclic) bond motifs is 5. The molecule has 0 radical (unpaired) electrons. The van der Waals surface area contributed by atoms with Gasteiger partial charge in [0.25, 0.3) is 0 Å². The van der Waals surface area contributed by atoms with Gasteiger partial charge in [0.1, 0.15) is 0 Å². The van der Waals surface area contributed by atoms with Crippen molar-refractivity contribution < 1.29 is 9.90 Å². The zero-order valence-corrected chi connectivity index (χ0v) is 15.1. The minimum absolute atomic E-state index is 0.0757. The average molecular weight is 317 g/mol. The number of allylic oxidation sites excluding steroid dienone is 2. The Kier molecular flexibility index (Phi) is 3.15. The standard InChI is InChI=1S/C20H31NO2/c1-18-10-9-17(22)21(4)16(18)6-5-13-14(18)7-11-19(2)15(13)8-12-20(19,3)23/h6,13-15,23H,5,7-12H2,1-4H3/t13-,14+,15-,18+,19-,20-/m1/s1. The Morgan fingerprint density at radius 1 is 1.13 bits per heavy atom. The zero-order chi connectivity index (χ0) is 16.6. The van der Waals surface area contributed by atoms with Crippen molar-refractivity contribution in [2.75, 3.05) is 7.05 Å². The van der Waals surface area contributed by atoms with Crippen molar-refractivity contribution in [1.29, 1.82) is 0 Å². The minimum atomic E-state index is -0.507. The molecule has 1 saturated heterocycles. The Bertz CT molecular complexity index is 580. The molecule has 1 aliphatic heterocycles. The lowest BCUT2D eigenvalue weighted by Crippen LogP contribution is -2.55. The third kappa shape index (κ3) is 1.83. The van der Waals surface area contributed by atoms with E-state index in [1.54, 1.807) is 0 Å². The Hall–Kier alpha value is -0.830. The van der Waals surface area contributed by atoms with Crippen LogP contribution in [0.1, 0.15) is 65.7 Å². The maximum Gasteiger partial charge on any atom is 0.226 e. The number of nitrogens with zero attached hydrogens (tertiary/aromatic N) is 1. The lowest BCUT2D eigenvalue weighted by Gasteiger charge is -2.59. The number of aliphatic hydroxyl groups is 1. The van der Waals surface area contributed by atoms with E-state index in [1.807, 2.05) is 11.9 Å². The second kappa shape index (κ2) is 4.62. The van der Waals surface area contributed by atoms with Gasteiger partial charge >= 0.3 is 0 Å². The van der Waals surface area contributed by atoms with Crippen molar-refractivity contribution >= 4 is 5.91 Å². The molecule has 0 aromatic heterocycles. The summed E-state index contributed by atoms with van der Waals surface area (Å²) in [7, 11) is 1.96. The van der Waals surface area contributed by atoms with Gasteiger partial charge in [0, 0.05) is 24.6 Å². The monoisotopic (exact) mass is 317 g/mol. The second-order valence-corrected chi connectivity index (χ2v) is 9.34. The molecule has 1 heterocycles. The van der Waals surface area contributed by atoms with Crippen molar-refractivity contribution in [1.82, 2.24) is 4.90 Å². The highest BCUT2D eigenvalue weighted by Gasteiger charge is 2.62. The third-order valence-electron chi connectivity index (χ3n) is 8.58. The predicted octanol–water partition coefficient (Wildman–Crippen LogP) is 3.73. The summed E-state index contributed by atoms with van der Waals surface area (Å²) >= 11 is 0. The summed E-state index contributed by atoms with van der Waals surface area (Å²) in [6, 6.07) is 0. The lowest BCUT2D eigenvalue weighted by atomic mass is 9.48. The number of carbonyl (C=O) groups excluding carboxylic acids is 1. The number of hydrogen-bond acceptors (Lipinski definition) is 2. The molecule has 0 spiro atoms. The van der Waals surface area contributed by atoms with Crippen LogP contribution in [-0.2, 0) is 4.79 Å². The number of hydrogen-bond donors (Lipinski definition) is 1. The SMILES string of the molecule is CN1C(=O)CC[C@]2(C)C1=CC[C@H]1[C@H]3CC[C@@](C)(O)[C@]3(C)CC[C@@H]12. The number of likely N-dealkylation sites (tertiary alicyclic amines) is 1. The zero-order valence-electron chi connectivity index (χ0n) is 15.1. The van der Waals surface area contributed by atoms with Crippen molar-refractivity contribution in [3.05, 3.63) is 11.8 Å². The van der Waals surface area contributed by atoms with Crippen LogP contribution in [0, 0.1) is 28.6 Å². The molecule has 3 aliphatic carbocycles. The fourth-order valence-electron chi connectivity index (χ4n) is 6.82. The summed E-state index contributed by atoms with van der Waals surface area (Å²) in [6.45, 7) is 6.79. The van der Waals surface area contributed by atoms with Gasteiger partial charge in [-0.25, -0.2) is 0 Å². The maximum atomic E-state index is 12.1. The van der Waals surface area contributed by atoms with Gasteiger partial charge < -0.3 is 10.0 Å². The van der Waals surface area contributed by atoms with Gasteiger partial charge in [0.15, 0.2) is 0 Å². The first kappa shape index (κ1) is 15.7. The van der Waals surface area contributed by atoms with Gasteiger partial charge in [-0.05, 0) is 68.6 Å². The molecule has 3 nitrogen and oxygen atoms in total. The predicted molar refractivity (Wildman–Crippen MR) is 90.5 cm³/mol. The Morgan fingerprint density at radius 3 is 2.57 bits per heavy atom. The third-order valence-corrected chi connectivity index (χ3v) is 8.58. The van der Waals surface area contributed by atoms with E-state index in [1.165, 1.54) is 18.5 Å². The Morgan fingerprint density at radius 2 is 1.83 bits per heavy atom. The Balaban J connectivity index is 1.72. The van der Waals surface area contributed by atoms with E-state index < -0.39 is 5.60 Å². The molecule has 4 rings (SSSR count). The van der Waals surface area contributed by atoms with E-state index in [2.05, 4.69) is 26.8 Å². The van der Waals surface area contributed by atoms with Gasteiger partial charge in [-0.15, -0.1) is 0 Å². The maximum absolute atomic E-state index is 12.1. The molecule has 3 fully saturated rings. The fourth-order valence-corrected chi connectivity index (χ4v) is 6.82. The molecule has 0 aromatic carbocycles. The molecule has 2 saturated carbocycles. The van der Waals surface area contributed by atoms with E-state index in [0.29, 0.717) is 24.2 Å². The highest BCUT2D eigenvalue weighted by molar-refractivity contribution is 5.79. The van der Waals surface area contributed by atoms with Crippen molar-refractivity contribution in [3.8, 4) is 0 Å². The van der Waals surface area contributed by atoms with Crippen LogP contribution in [0.3, 0.4) is 0 Å². The van der Waals surface area contributed by atoms with E-state index >= 15 is 0 Å². The van der Waals surface area contributed by atoms with E-state index in [9.17, 15) is 9.90 Å². The molecule has 1 amide bonds. The number of carbonyl (C=O) groups is 1. The van der Waals surface area contributed by atoms with Gasteiger partial charge in [-0.3, -0.25) is 4.79 Å². The van der Waals surface area contributed by atoms with Crippen LogP contribution in [0.25, 0.3) is 0 Å².